The molecule has 5 heteroatoms. The van der Waals surface area contributed by atoms with E-state index in [1.807, 2.05) is 18.2 Å². The fourth-order valence-corrected chi connectivity index (χ4v) is 4.51. The molecule has 5 nitrogen and oxygen atoms in total. The summed E-state index contributed by atoms with van der Waals surface area (Å²) in [5, 5.41) is 15.5. The van der Waals surface area contributed by atoms with Gasteiger partial charge in [-0.15, -0.1) is 0 Å². The predicted molar refractivity (Wildman–Crippen MR) is 143 cm³/mol. The molecule has 3 aromatic rings. The molecule has 0 aromatic carbocycles. The Morgan fingerprint density at radius 1 is 0.529 bits per heavy atom. The molecule has 3 aromatic heterocycles. The molecule has 186 valence electrons. The quantitative estimate of drug-likeness (QED) is 0.186. The van der Waals surface area contributed by atoms with Crippen LogP contribution in [0, 0.1) is 0 Å². The van der Waals surface area contributed by atoms with Gasteiger partial charge in [0.05, 0.1) is 11.4 Å². The van der Waals surface area contributed by atoms with Gasteiger partial charge in [-0.05, 0) is 49.9 Å². The first-order valence-electron chi connectivity index (χ1n) is 13.9. The summed E-state index contributed by atoms with van der Waals surface area (Å²) in [5.41, 5.74) is 6.03. The van der Waals surface area contributed by atoms with E-state index in [-0.39, 0.29) is 0 Å². The van der Waals surface area contributed by atoms with Crippen molar-refractivity contribution in [3.05, 3.63) is 41.7 Å². The van der Waals surface area contributed by atoms with Crippen molar-refractivity contribution in [2.24, 2.45) is 0 Å². The zero-order valence-corrected chi connectivity index (χ0v) is 21.5. The number of aryl methyl sites for hydroxylation is 2. The molecule has 0 unspecified atom stereocenters. The fraction of sp³-hybridized carbons (Fsp3) is 0.621. The molecule has 34 heavy (non-hydrogen) atoms. The summed E-state index contributed by atoms with van der Waals surface area (Å²) in [7, 11) is 0. The molecule has 0 amide bonds. The Morgan fingerprint density at radius 2 is 0.941 bits per heavy atom. The molecule has 3 heterocycles. The lowest BCUT2D eigenvalue weighted by Gasteiger charge is -2.00. The van der Waals surface area contributed by atoms with Crippen molar-refractivity contribution in [1.29, 1.82) is 0 Å². The predicted octanol–water partition coefficient (Wildman–Crippen LogP) is 8.45. The largest absolute Gasteiger partial charge is 0.282 e. The summed E-state index contributed by atoms with van der Waals surface area (Å²) in [6, 6.07) is 10.4. The van der Waals surface area contributed by atoms with Gasteiger partial charge in [0.15, 0.2) is 0 Å². The first-order valence-corrected chi connectivity index (χ1v) is 13.9. The molecule has 0 saturated carbocycles. The Kier molecular flexibility index (Phi) is 11.9. The molecule has 0 saturated heterocycles. The number of rotatable bonds is 18. The summed E-state index contributed by atoms with van der Waals surface area (Å²) in [5.74, 6) is 0. The van der Waals surface area contributed by atoms with Crippen molar-refractivity contribution in [3.8, 4) is 22.8 Å². The van der Waals surface area contributed by atoms with Crippen LogP contribution in [0.3, 0.4) is 0 Å². The van der Waals surface area contributed by atoms with Crippen LogP contribution in [0.25, 0.3) is 22.8 Å². The van der Waals surface area contributed by atoms with E-state index in [9.17, 15) is 0 Å². The van der Waals surface area contributed by atoms with Gasteiger partial charge >= 0.3 is 0 Å². The van der Waals surface area contributed by atoms with Crippen molar-refractivity contribution in [3.63, 3.8) is 0 Å². The van der Waals surface area contributed by atoms with E-state index in [4.69, 9.17) is 4.98 Å². The third-order valence-electron chi connectivity index (χ3n) is 6.64. The highest BCUT2D eigenvalue weighted by atomic mass is 15.1. The second kappa shape index (κ2) is 15.5. The molecule has 0 aliphatic heterocycles. The number of nitrogens with one attached hydrogen (secondary N) is 2. The van der Waals surface area contributed by atoms with Gasteiger partial charge in [-0.25, -0.2) is 4.98 Å². The van der Waals surface area contributed by atoms with Gasteiger partial charge in [-0.2, -0.15) is 10.2 Å². The SMILES string of the molecule is CCCCCCCCCc1cc(-c2cccc(-c3cc(CCCCCCCCC)[nH]n3)n2)n[nH]1. The monoisotopic (exact) mass is 463 g/mol. The molecular weight excluding hydrogens is 418 g/mol. The van der Waals surface area contributed by atoms with Crippen LogP contribution >= 0.6 is 0 Å². The lowest BCUT2D eigenvalue weighted by Crippen LogP contribution is -1.88. The topological polar surface area (TPSA) is 70.2 Å². The maximum atomic E-state index is 4.85. The highest BCUT2D eigenvalue weighted by Gasteiger charge is 2.10. The number of H-pyrrole nitrogens is 2. The average molecular weight is 464 g/mol. The van der Waals surface area contributed by atoms with Crippen LogP contribution in [0.15, 0.2) is 30.3 Å². The van der Waals surface area contributed by atoms with Crippen molar-refractivity contribution >= 4 is 0 Å². The molecule has 2 N–H and O–H groups in total. The van der Waals surface area contributed by atoms with Crippen LogP contribution in [0.1, 0.15) is 115 Å². The number of hydrogen-bond donors (Lipinski definition) is 2. The Hall–Kier alpha value is -2.43. The highest BCUT2D eigenvalue weighted by Crippen LogP contribution is 2.22. The van der Waals surface area contributed by atoms with Crippen LogP contribution in [0.2, 0.25) is 0 Å². The van der Waals surface area contributed by atoms with E-state index in [0.717, 1.165) is 35.6 Å². The van der Waals surface area contributed by atoms with E-state index in [0.29, 0.717) is 0 Å². The standard InChI is InChI=1S/C29H45N5/c1-3-5-7-9-11-13-15-18-24-22-28(33-31-24)26-20-17-21-27(30-26)29-23-25(32-34-29)19-16-14-12-10-8-6-4-2/h17,20-23H,3-16,18-19H2,1-2H3,(H,31,33)(H,32,34). The van der Waals surface area contributed by atoms with E-state index in [2.05, 4.69) is 46.4 Å². The minimum atomic E-state index is 0.899. The van der Waals surface area contributed by atoms with Gasteiger partial charge in [0.25, 0.3) is 0 Å². The number of nitrogens with zero attached hydrogens (tertiary/aromatic N) is 3. The van der Waals surface area contributed by atoms with E-state index in [1.54, 1.807) is 0 Å². The third-order valence-corrected chi connectivity index (χ3v) is 6.64. The van der Waals surface area contributed by atoms with Gasteiger partial charge in [0.2, 0.25) is 0 Å². The lowest BCUT2D eigenvalue weighted by atomic mass is 10.1. The molecule has 0 aliphatic rings. The van der Waals surface area contributed by atoms with Crippen LogP contribution in [0.4, 0.5) is 0 Å². The third kappa shape index (κ3) is 9.08. The van der Waals surface area contributed by atoms with Gasteiger partial charge in [-0.3, -0.25) is 10.2 Å². The Balaban J connectivity index is 1.45. The first-order chi connectivity index (χ1) is 16.8. The number of aromatic nitrogens is 5. The van der Waals surface area contributed by atoms with Crippen LogP contribution in [-0.2, 0) is 12.8 Å². The Labute approximate surface area is 206 Å². The lowest BCUT2D eigenvalue weighted by molar-refractivity contribution is 0.587. The highest BCUT2D eigenvalue weighted by molar-refractivity contribution is 5.61. The van der Waals surface area contributed by atoms with E-state index < -0.39 is 0 Å². The van der Waals surface area contributed by atoms with Gasteiger partial charge in [0.1, 0.15) is 11.4 Å². The molecule has 3 rings (SSSR count). The number of pyridine rings is 1. The van der Waals surface area contributed by atoms with Crippen LogP contribution in [0.5, 0.6) is 0 Å². The van der Waals surface area contributed by atoms with Crippen molar-refractivity contribution < 1.29 is 0 Å². The average Bonchev–Trinajstić information content (AvgIpc) is 3.53. The minimum Gasteiger partial charge on any atom is -0.282 e. The summed E-state index contributed by atoms with van der Waals surface area (Å²) >= 11 is 0. The summed E-state index contributed by atoms with van der Waals surface area (Å²) in [6.45, 7) is 4.54. The maximum Gasteiger partial charge on any atom is 0.111 e. The number of hydrogen-bond acceptors (Lipinski definition) is 3. The number of unbranched alkanes of at least 4 members (excludes halogenated alkanes) is 12. The zero-order chi connectivity index (χ0) is 23.8. The summed E-state index contributed by atoms with van der Waals surface area (Å²) < 4.78 is 0. The van der Waals surface area contributed by atoms with Crippen molar-refractivity contribution in [2.75, 3.05) is 0 Å². The Bertz CT molecular complexity index is 855. The number of aromatic amines is 2. The second-order valence-electron chi connectivity index (χ2n) is 9.71. The van der Waals surface area contributed by atoms with E-state index in [1.165, 1.54) is 101 Å². The molecule has 0 radical (unpaired) electrons. The maximum absolute atomic E-state index is 4.85. The molecule has 0 bridgehead atoms. The normalized spacial score (nSPS) is 11.4. The molecule has 0 aliphatic carbocycles. The summed E-state index contributed by atoms with van der Waals surface area (Å²) in [6.07, 6.45) is 20.7. The molecule has 0 atom stereocenters. The molecule has 0 spiro atoms. The van der Waals surface area contributed by atoms with Gasteiger partial charge in [0, 0.05) is 11.4 Å². The van der Waals surface area contributed by atoms with Gasteiger partial charge in [-0.1, -0.05) is 97.0 Å². The minimum absolute atomic E-state index is 0.899. The fourth-order valence-electron chi connectivity index (χ4n) is 4.51. The van der Waals surface area contributed by atoms with Crippen LogP contribution in [-0.4, -0.2) is 25.4 Å². The Morgan fingerprint density at radius 3 is 1.38 bits per heavy atom. The first kappa shape index (κ1) is 26.2. The molecular formula is C29H45N5. The van der Waals surface area contributed by atoms with E-state index >= 15 is 0 Å². The van der Waals surface area contributed by atoms with Crippen molar-refractivity contribution in [2.45, 2.75) is 117 Å². The van der Waals surface area contributed by atoms with Crippen molar-refractivity contribution in [1.82, 2.24) is 25.4 Å². The van der Waals surface area contributed by atoms with Crippen LogP contribution < -0.4 is 0 Å². The summed E-state index contributed by atoms with van der Waals surface area (Å²) in [4.78, 5) is 4.85. The van der Waals surface area contributed by atoms with Gasteiger partial charge < -0.3 is 0 Å². The molecule has 0 fully saturated rings. The zero-order valence-electron chi connectivity index (χ0n) is 21.5. The smallest absolute Gasteiger partial charge is 0.111 e. The second-order valence-corrected chi connectivity index (χ2v) is 9.71.